The number of hydrogen-bond acceptors (Lipinski definition) is 6. The summed E-state index contributed by atoms with van der Waals surface area (Å²) in [6.07, 6.45) is 0.484. The fourth-order valence-corrected chi connectivity index (χ4v) is 7.90. The minimum atomic E-state index is -3.72. The van der Waals surface area contributed by atoms with Crippen LogP contribution in [0.5, 0.6) is 0 Å². The summed E-state index contributed by atoms with van der Waals surface area (Å²) < 4.78 is 26.8. The van der Waals surface area contributed by atoms with E-state index in [9.17, 15) is 13.2 Å². The molecule has 120 valence electrons. The Labute approximate surface area is 138 Å². The predicted octanol–water partition coefficient (Wildman–Crippen LogP) is 0.616. The van der Waals surface area contributed by atoms with Crippen LogP contribution in [0.2, 0.25) is 0 Å². The molecule has 0 unspecified atom stereocenters. The molecule has 0 radical (unpaired) electrons. The van der Waals surface area contributed by atoms with Gasteiger partial charge < -0.3 is 0 Å². The van der Waals surface area contributed by atoms with Crippen LogP contribution in [0.1, 0.15) is 6.42 Å². The molecule has 2 aliphatic rings. The van der Waals surface area contributed by atoms with Gasteiger partial charge in [0.15, 0.2) is 0 Å². The van der Waals surface area contributed by atoms with Gasteiger partial charge in [-0.15, -0.1) is 23.5 Å². The van der Waals surface area contributed by atoms with Crippen LogP contribution in [0.15, 0.2) is 35.2 Å². The highest BCUT2D eigenvalue weighted by atomic mass is 32.2. The number of amides is 1. The Kier molecular flexibility index (Phi) is 4.43. The number of rotatable bonds is 3. The van der Waals surface area contributed by atoms with Crippen molar-refractivity contribution in [3.63, 3.8) is 0 Å². The lowest BCUT2D eigenvalue weighted by Gasteiger charge is -2.23. The summed E-state index contributed by atoms with van der Waals surface area (Å²) in [5.41, 5.74) is 2.10. The minimum absolute atomic E-state index is 0.204. The second-order valence-corrected chi connectivity index (χ2v) is 10.3. The number of carbonyl (C=O) groups is 1. The Morgan fingerprint density at radius 1 is 1.27 bits per heavy atom. The van der Waals surface area contributed by atoms with E-state index in [2.05, 4.69) is 5.43 Å². The molecule has 0 aromatic heterocycles. The number of hydrazine groups is 1. The molecular formula is C13H17N3O3S3. The van der Waals surface area contributed by atoms with Crippen LogP contribution in [-0.2, 0) is 14.8 Å². The maximum Gasteiger partial charge on any atom is 0.252 e. The van der Waals surface area contributed by atoms with Gasteiger partial charge in [-0.2, -0.15) is 4.31 Å². The van der Waals surface area contributed by atoms with Crippen LogP contribution >= 0.6 is 23.5 Å². The highest BCUT2D eigenvalue weighted by molar-refractivity contribution is 8.21. The molecular weight excluding hydrogens is 342 g/mol. The van der Waals surface area contributed by atoms with Crippen LogP contribution in [-0.4, -0.2) is 46.8 Å². The Morgan fingerprint density at radius 3 is 2.50 bits per heavy atom. The number of nitrogens with zero attached hydrogens (tertiary/aromatic N) is 1. The molecule has 2 aliphatic heterocycles. The second-order valence-electron chi connectivity index (χ2n) is 5.20. The average Bonchev–Trinajstić information content (AvgIpc) is 3.15. The van der Waals surface area contributed by atoms with E-state index in [4.69, 9.17) is 5.84 Å². The molecule has 0 aliphatic carbocycles. The third kappa shape index (κ3) is 2.76. The topological polar surface area (TPSA) is 92.5 Å². The summed E-state index contributed by atoms with van der Waals surface area (Å²) in [6.45, 7) is 0.331. The van der Waals surface area contributed by atoms with Crippen LogP contribution < -0.4 is 11.3 Å². The molecule has 2 saturated heterocycles. The monoisotopic (exact) mass is 359 g/mol. The van der Waals surface area contributed by atoms with Gasteiger partial charge in [-0.25, -0.2) is 14.3 Å². The molecule has 0 saturated carbocycles. The number of benzene rings is 1. The summed E-state index contributed by atoms with van der Waals surface area (Å²) >= 11 is 3.47. The molecule has 2 heterocycles. The zero-order chi connectivity index (χ0) is 15.8. The van der Waals surface area contributed by atoms with Crippen molar-refractivity contribution in [2.75, 3.05) is 18.1 Å². The quantitative estimate of drug-likeness (QED) is 0.467. The van der Waals surface area contributed by atoms with E-state index in [1.54, 1.807) is 53.9 Å². The van der Waals surface area contributed by atoms with E-state index < -0.39 is 22.0 Å². The Balaban J connectivity index is 1.97. The molecule has 1 spiro atoms. The van der Waals surface area contributed by atoms with E-state index in [1.165, 1.54) is 4.31 Å². The second kappa shape index (κ2) is 6.04. The van der Waals surface area contributed by atoms with E-state index in [-0.39, 0.29) is 8.97 Å². The number of nitrogens with two attached hydrogens (primary N) is 1. The van der Waals surface area contributed by atoms with Gasteiger partial charge in [-0.1, -0.05) is 18.2 Å². The number of hydrogen-bond donors (Lipinski definition) is 2. The molecule has 2 fully saturated rings. The first-order valence-corrected chi connectivity index (χ1v) is 10.2. The first kappa shape index (κ1) is 16.1. The molecule has 1 aromatic rings. The zero-order valence-corrected chi connectivity index (χ0v) is 14.2. The normalized spacial score (nSPS) is 24.7. The summed E-state index contributed by atoms with van der Waals surface area (Å²) in [6, 6.07) is 7.45. The van der Waals surface area contributed by atoms with Crippen molar-refractivity contribution in [1.29, 1.82) is 0 Å². The van der Waals surface area contributed by atoms with Crippen molar-refractivity contribution in [2.45, 2.75) is 21.4 Å². The predicted molar refractivity (Wildman–Crippen MR) is 88.7 cm³/mol. The largest absolute Gasteiger partial charge is 0.293 e. The molecule has 1 atom stereocenters. The van der Waals surface area contributed by atoms with Gasteiger partial charge in [-0.3, -0.25) is 10.2 Å². The van der Waals surface area contributed by atoms with Gasteiger partial charge in [0, 0.05) is 18.1 Å². The molecule has 1 aromatic carbocycles. The van der Waals surface area contributed by atoms with Crippen molar-refractivity contribution >= 4 is 39.5 Å². The van der Waals surface area contributed by atoms with Gasteiger partial charge >= 0.3 is 0 Å². The van der Waals surface area contributed by atoms with Crippen molar-refractivity contribution < 1.29 is 13.2 Å². The molecule has 22 heavy (non-hydrogen) atoms. The third-order valence-electron chi connectivity index (χ3n) is 3.86. The van der Waals surface area contributed by atoms with Crippen LogP contribution in [0.3, 0.4) is 0 Å². The standard InChI is InChI=1S/C13H17N3O3S3/c14-15-12(17)11-8-13(20-6-7-21-13)9-16(11)22(18,19)10-4-2-1-3-5-10/h1-5,11H,6-9,14H2,(H,15,17)/t11-/m0/s1. The van der Waals surface area contributed by atoms with Crippen molar-refractivity contribution in [2.24, 2.45) is 5.84 Å². The van der Waals surface area contributed by atoms with E-state index in [0.29, 0.717) is 13.0 Å². The highest BCUT2D eigenvalue weighted by Gasteiger charge is 2.53. The van der Waals surface area contributed by atoms with Crippen LogP contribution in [0, 0.1) is 0 Å². The fraction of sp³-hybridized carbons (Fsp3) is 0.462. The van der Waals surface area contributed by atoms with E-state index >= 15 is 0 Å². The van der Waals surface area contributed by atoms with Gasteiger partial charge in [0.1, 0.15) is 6.04 Å². The first-order valence-electron chi connectivity index (χ1n) is 6.84. The van der Waals surface area contributed by atoms with Crippen LogP contribution in [0.25, 0.3) is 0 Å². The zero-order valence-electron chi connectivity index (χ0n) is 11.8. The van der Waals surface area contributed by atoms with Gasteiger partial charge in [0.2, 0.25) is 10.0 Å². The van der Waals surface area contributed by atoms with Gasteiger partial charge in [0.05, 0.1) is 8.97 Å². The highest BCUT2D eigenvalue weighted by Crippen LogP contribution is 2.52. The molecule has 6 nitrogen and oxygen atoms in total. The summed E-state index contributed by atoms with van der Waals surface area (Å²) in [5, 5.41) is 0. The number of nitrogens with one attached hydrogen (secondary N) is 1. The number of carbonyl (C=O) groups excluding carboxylic acids is 1. The molecule has 1 amide bonds. The van der Waals surface area contributed by atoms with Crippen molar-refractivity contribution in [1.82, 2.24) is 9.73 Å². The SMILES string of the molecule is NNC(=O)[C@@H]1CC2(CN1S(=O)(=O)c1ccccc1)SCCS2. The lowest BCUT2D eigenvalue weighted by atomic mass is 10.2. The average molecular weight is 359 g/mol. The lowest BCUT2D eigenvalue weighted by Crippen LogP contribution is -2.47. The maximum absolute atomic E-state index is 12.9. The molecule has 9 heteroatoms. The third-order valence-corrected chi connectivity index (χ3v) is 9.15. The fourth-order valence-electron chi connectivity index (χ4n) is 2.81. The smallest absolute Gasteiger partial charge is 0.252 e. The Hall–Kier alpha value is -0.740. The van der Waals surface area contributed by atoms with Gasteiger partial charge in [-0.05, 0) is 18.6 Å². The van der Waals surface area contributed by atoms with Crippen molar-refractivity contribution in [3.05, 3.63) is 30.3 Å². The number of thioether (sulfide) groups is 2. The Bertz CT molecular complexity index is 660. The maximum atomic E-state index is 12.9. The Morgan fingerprint density at radius 2 is 1.91 bits per heavy atom. The molecule has 3 rings (SSSR count). The molecule has 3 N–H and O–H groups in total. The summed E-state index contributed by atoms with van der Waals surface area (Å²) in [5.74, 6) is 6.74. The molecule has 0 bridgehead atoms. The van der Waals surface area contributed by atoms with Crippen molar-refractivity contribution in [3.8, 4) is 0 Å². The summed E-state index contributed by atoms with van der Waals surface area (Å²) in [7, 11) is -3.72. The van der Waals surface area contributed by atoms with E-state index in [0.717, 1.165) is 11.5 Å². The van der Waals surface area contributed by atoms with Gasteiger partial charge in [0.25, 0.3) is 5.91 Å². The minimum Gasteiger partial charge on any atom is -0.293 e. The number of sulfonamides is 1. The van der Waals surface area contributed by atoms with Crippen LogP contribution in [0.4, 0.5) is 0 Å². The van der Waals surface area contributed by atoms with E-state index in [1.807, 2.05) is 0 Å². The lowest BCUT2D eigenvalue weighted by molar-refractivity contribution is -0.124. The first-order chi connectivity index (χ1) is 10.5. The summed E-state index contributed by atoms with van der Waals surface area (Å²) in [4.78, 5) is 12.3.